The lowest BCUT2D eigenvalue weighted by Crippen LogP contribution is -2.61. The fraction of sp³-hybridized carbons (Fsp3) is 0.471. The number of aliphatic hydroxyl groups excluding tert-OH is 1. The molecule has 2 aliphatic rings. The minimum atomic E-state index is -0.774. The lowest BCUT2D eigenvalue weighted by Gasteiger charge is -2.46. The quantitative estimate of drug-likeness (QED) is 0.861. The van der Waals surface area contributed by atoms with Crippen molar-refractivity contribution in [3.63, 3.8) is 0 Å². The zero-order valence-corrected chi connectivity index (χ0v) is 13.3. The molecule has 0 unspecified atom stereocenters. The van der Waals surface area contributed by atoms with Gasteiger partial charge in [-0.25, -0.2) is 0 Å². The number of nitrogens with zero attached hydrogens (tertiary/aromatic N) is 3. The van der Waals surface area contributed by atoms with E-state index in [9.17, 15) is 9.90 Å². The van der Waals surface area contributed by atoms with E-state index in [0.29, 0.717) is 44.3 Å². The Balaban J connectivity index is 1.59. The Hall–Kier alpha value is -2.41. The fourth-order valence-corrected chi connectivity index (χ4v) is 3.66. The summed E-state index contributed by atoms with van der Waals surface area (Å²) in [6.07, 6.45) is 1.44. The highest BCUT2D eigenvalue weighted by Crippen LogP contribution is 2.38. The number of benzene rings is 1. The van der Waals surface area contributed by atoms with Crippen LogP contribution in [-0.4, -0.2) is 46.9 Å². The lowest BCUT2D eigenvalue weighted by atomic mass is 9.71. The van der Waals surface area contributed by atoms with Gasteiger partial charge in [-0.1, -0.05) is 18.2 Å². The predicted molar refractivity (Wildman–Crippen MR) is 87.2 cm³/mol. The maximum Gasteiger partial charge on any atom is 0.266 e. The third kappa shape index (κ3) is 2.45. The van der Waals surface area contributed by atoms with E-state index in [1.165, 1.54) is 0 Å². The molecule has 0 radical (unpaired) electrons. The largest absolute Gasteiger partial charge is 0.392 e. The summed E-state index contributed by atoms with van der Waals surface area (Å²) in [6, 6.07) is 9.58. The first-order chi connectivity index (χ1) is 11.7. The van der Waals surface area contributed by atoms with Crippen LogP contribution in [0.3, 0.4) is 0 Å². The molecule has 2 aliphatic heterocycles. The molecule has 7 heteroatoms. The van der Waals surface area contributed by atoms with Crippen molar-refractivity contribution in [2.24, 2.45) is 5.41 Å². The smallest absolute Gasteiger partial charge is 0.266 e. The molecule has 24 heavy (non-hydrogen) atoms. The van der Waals surface area contributed by atoms with Crippen molar-refractivity contribution in [2.45, 2.75) is 25.4 Å². The van der Waals surface area contributed by atoms with Crippen LogP contribution < -0.4 is 10.2 Å². The highest BCUT2D eigenvalue weighted by molar-refractivity contribution is 5.85. The molecule has 7 nitrogen and oxygen atoms in total. The second-order valence-corrected chi connectivity index (χ2v) is 6.51. The van der Waals surface area contributed by atoms with Crippen molar-refractivity contribution < 1.29 is 14.4 Å². The van der Waals surface area contributed by atoms with E-state index in [-0.39, 0.29) is 5.91 Å². The zero-order chi connectivity index (χ0) is 16.6. The van der Waals surface area contributed by atoms with Crippen molar-refractivity contribution in [3.8, 4) is 11.5 Å². The average Bonchev–Trinajstić information content (AvgIpc) is 3.11. The normalized spacial score (nSPS) is 27.3. The van der Waals surface area contributed by atoms with Crippen LogP contribution in [0.25, 0.3) is 11.5 Å². The minimum absolute atomic E-state index is 0.0715. The van der Waals surface area contributed by atoms with Gasteiger partial charge in [0.25, 0.3) is 11.8 Å². The predicted octanol–water partition coefficient (Wildman–Crippen LogP) is 1.20. The number of aliphatic hydroxyl groups is 1. The lowest BCUT2D eigenvalue weighted by molar-refractivity contribution is -0.142. The van der Waals surface area contributed by atoms with Gasteiger partial charge in [-0.2, -0.15) is 4.98 Å². The van der Waals surface area contributed by atoms with Crippen LogP contribution in [0.5, 0.6) is 0 Å². The molecule has 1 spiro atoms. The van der Waals surface area contributed by atoms with Crippen LogP contribution in [-0.2, 0) is 4.79 Å². The van der Waals surface area contributed by atoms with Gasteiger partial charge in [-0.15, -0.1) is 0 Å². The molecule has 1 aromatic carbocycles. The summed E-state index contributed by atoms with van der Waals surface area (Å²) < 4.78 is 5.37. The molecule has 4 rings (SSSR count). The summed E-state index contributed by atoms with van der Waals surface area (Å²) in [4.78, 5) is 18.8. The number of carbonyl (C=O) groups is 1. The molecular weight excluding hydrogens is 308 g/mol. The van der Waals surface area contributed by atoms with Gasteiger partial charge in [-0.05, 0) is 36.6 Å². The van der Waals surface area contributed by atoms with E-state index in [1.54, 1.807) is 0 Å². The van der Waals surface area contributed by atoms with Crippen molar-refractivity contribution in [2.75, 3.05) is 24.5 Å². The van der Waals surface area contributed by atoms with E-state index >= 15 is 0 Å². The van der Waals surface area contributed by atoms with Crippen LogP contribution in [0.2, 0.25) is 0 Å². The summed E-state index contributed by atoms with van der Waals surface area (Å²) in [5, 5.41) is 17.4. The molecule has 2 saturated heterocycles. The Morgan fingerprint density at radius 3 is 2.96 bits per heavy atom. The first-order valence-corrected chi connectivity index (χ1v) is 8.29. The minimum Gasteiger partial charge on any atom is -0.392 e. The second-order valence-electron chi connectivity index (χ2n) is 6.51. The second kappa shape index (κ2) is 5.90. The van der Waals surface area contributed by atoms with Crippen molar-refractivity contribution >= 4 is 11.9 Å². The van der Waals surface area contributed by atoms with Gasteiger partial charge in [0.1, 0.15) is 0 Å². The highest BCUT2D eigenvalue weighted by atomic mass is 16.5. The van der Waals surface area contributed by atoms with Gasteiger partial charge in [0.2, 0.25) is 5.91 Å². The van der Waals surface area contributed by atoms with E-state index in [4.69, 9.17) is 4.52 Å². The average molecular weight is 328 g/mol. The molecule has 1 aromatic heterocycles. The molecule has 0 bridgehead atoms. The summed E-state index contributed by atoms with van der Waals surface area (Å²) in [7, 11) is 0. The van der Waals surface area contributed by atoms with E-state index in [0.717, 1.165) is 12.0 Å². The molecule has 2 atom stereocenters. The summed E-state index contributed by atoms with van der Waals surface area (Å²) >= 11 is 0. The van der Waals surface area contributed by atoms with Crippen molar-refractivity contribution in [3.05, 3.63) is 30.3 Å². The monoisotopic (exact) mass is 328 g/mol. The molecule has 3 heterocycles. The van der Waals surface area contributed by atoms with Gasteiger partial charge in [0.05, 0.1) is 11.5 Å². The fourth-order valence-electron chi connectivity index (χ4n) is 3.66. The van der Waals surface area contributed by atoms with E-state index in [1.807, 2.05) is 35.2 Å². The molecule has 1 amide bonds. The number of hydrogen-bond acceptors (Lipinski definition) is 6. The summed E-state index contributed by atoms with van der Waals surface area (Å²) in [5.41, 5.74) is 0.0859. The standard InChI is InChI=1S/C17H20N4O3/c22-13-7-10-21(11-17(13)8-4-9-18-15(17)23)16-19-14(24-20-16)12-5-2-1-3-6-12/h1-3,5-6,13,22H,4,7-11H2,(H,18,23)/t13-,17+/m0/s1. The molecular formula is C17H20N4O3. The summed E-state index contributed by atoms with van der Waals surface area (Å²) in [5.74, 6) is 0.857. The van der Waals surface area contributed by atoms with Crippen LogP contribution in [0.4, 0.5) is 5.95 Å². The number of rotatable bonds is 2. The Bertz CT molecular complexity index is 732. The highest BCUT2D eigenvalue weighted by Gasteiger charge is 2.50. The van der Waals surface area contributed by atoms with Crippen LogP contribution in [0, 0.1) is 5.41 Å². The maximum atomic E-state index is 12.4. The molecule has 2 aromatic rings. The molecule has 2 fully saturated rings. The maximum absolute atomic E-state index is 12.4. The molecule has 2 N–H and O–H groups in total. The first kappa shape index (κ1) is 15.1. The van der Waals surface area contributed by atoms with E-state index < -0.39 is 11.5 Å². The van der Waals surface area contributed by atoms with Crippen LogP contribution in [0.15, 0.2) is 34.9 Å². The van der Waals surface area contributed by atoms with Gasteiger partial charge in [-0.3, -0.25) is 4.79 Å². The number of nitrogens with one attached hydrogen (secondary N) is 1. The number of carbonyl (C=O) groups excluding carboxylic acids is 1. The summed E-state index contributed by atoms with van der Waals surface area (Å²) in [6.45, 7) is 1.69. The van der Waals surface area contributed by atoms with Crippen molar-refractivity contribution in [1.29, 1.82) is 0 Å². The first-order valence-electron chi connectivity index (χ1n) is 8.29. The number of hydrogen-bond donors (Lipinski definition) is 2. The van der Waals surface area contributed by atoms with E-state index in [2.05, 4.69) is 15.5 Å². The Morgan fingerprint density at radius 2 is 2.17 bits per heavy atom. The van der Waals surface area contributed by atoms with Gasteiger partial charge < -0.3 is 19.8 Å². The molecule has 126 valence electrons. The number of anilines is 1. The molecule has 0 aliphatic carbocycles. The van der Waals surface area contributed by atoms with Crippen molar-refractivity contribution in [1.82, 2.24) is 15.5 Å². The van der Waals surface area contributed by atoms with Gasteiger partial charge in [0.15, 0.2) is 0 Å². The van der Waals surface area contributed by atoms with Crippen LogP contribution >= 0.6 is 0 Å². The SMILES string of the molecule is O=C1NCCC[C@]12CN(c1noc(-c3ccccc3)n1)CC[C@@H]2O. The Kier molecular flexibility index (Phi) is 3.72. The molecule has 0 saturated carbocycles. The number of amides is 1. The zero-order valence-electron chi connectivity index (χ0n) is 13.3. The third-order valence-electron chi connectivity index (χ3n) is 5.04. The number of aromatic nitrogens is 2. The number of piperidine rings is 2. The van der Waals surface area contributed by atoms with Crippen LogP contribution in [0.1, 0.15) is 19.3 Å². The van der Waals surface area contributed by atoms with Gasteiger partial charge >= 0.3 is 0 Å². The third-order valence-corrected chi connectivity index (χ3v) is 5.04. The topological polar surface area (TPSA) is 91.5 Å². The Labute approximate surface area is 139 Å². The Morgan fingerprint density at radius 1 is 1.33 bits per heavy atom. The van der Waals surface area contributed by atoms with Gasteiger partial charge in [0, 0.05) is 25.2 Å².